The molecule has 132 valence electrons. The number of ether oxygens (including phenoxy) is 2. The van der Waals surface area contributed by atoms with Crippen molar-refractivity contribution >= 4 is 11.6 Å². The molecule has 4 nitrogen and oxygen atoms in total. The summed E-state index contributed by atoms with van der Waals surface area (Å²) in [5, 5.41) is 2.91. The van der Waals surface area contributed by atoms with E-state index in [0.717, 1.165) is 22.6 Å². The van der Waals surface area contributed by atoms with E-state index >= 15 is 0 Å². The number of nitrogens with one attached hydrogen (secondary N) is 1. The van der Waals surface area contributed by atoms with Crippen molar-refractivity contribution in [3.63, 3.8) is 0 Å². The third kappa shape index (κ3) is 5.11. The van der Waals surface area contributed by atoms with Gasteiger partial charge in [0.2, 0.25) is 5.91 Å². The molecular weight excluding hydrogens is 326 g/mol. The zero-order valence-electron chi connectivity index (χ0n) is 14.6. The average molecular weight is 347 g/mol. The molecule has 0 unspecified atom stereocenters. The second-order valence-electron chi connectivity index (χ2n) is 5.88. The van der Waals surface area contributed by atoms with E-state index in [-0.39, 0.29) is 5.91 Å². The maximum Gasteiger partial charge on any atom is 0.228 e. The molecule has 3 aromatic carbocycles. The van der Waals surface area contributed by atoms with Gasteiger partial charge in [-0.3, -0.25) is 4.79 Å². The van der Waals surface area contributed by atoms with Gasteiger partial charge >= 0.3 is 0 Å². The minimum absolute atomic E-state index is 0.0737. The number of hydrogen-bond acceptors (Lipinski definition) is 3. The van der Waals surface area contributed by atoms with E-state index in [1.807, 2.05) is 78.9 Å². The molecule has 1 N–H and O–H groups in total. The molecule has 0 radical (unpaired) electrons. The Morgan fingerprint density at radius 3 is 2.35 bits per heavy atom. The molecule has 0 atom stereocenters. The van der Waals surface area contributed by atoms with Gasteiger partial charge in [0.05, 0.1) is 13.5 Å². The minimum atomic E-state index is -0.0737. The molecule has 0 fully saturated rings. The second-order valence-corrected chi connectivity index (χ2v) is 5.88. The van der Waals surface area contributed by atoms with Crippen molar-refractivity contribution in [1.29, 1.82) is 0 Å². The van der Waals surface area contributed by atoms with Crippen LogP contribution in [0, 0.1) is 0 Å². The largest absolute Gasteiger partial charge is 0.497 e. The Balaban J connectivity index is 1.56. The lowest BCUT2D eigenvalue weighted by Gasteiger charge is -2.10. The Morgan fingerprint density at radius 2 is 1.62 bits per heavy atom. The molecule has 3 rings (SSSR count). The van der Waals surface area contributed by atoms with Crippen molar-refractivity contribution in [2.75, 3.05) is 12.4 Å². The smallest absolute Gasteiger partial charge is 0.228 e. The van der Waals surface area contributed by atoms with Crippen LogP contribution in [0.5, 0.6) is 11.5 Å². The van der Waals surface area contributed by atoms with Crippen LogP contribution in [0.25, 0.3) is 0 Å². The van der Waals surface area contributed by atoms with Gasteiger partial charge in [0.15, 0.2) is 0 Å². The van der Waals surface area contributed by atoms with E-state index in [0.29, 0.717) is 18.7 Å². The van der Waals surface area contributed by atoms with Crippen LogP contribution in [-0.4, -0.2) is 13.0 Å². The van der Waals surface area contributed by atoms with Crippen LogP contribution in [0.1, 0.15) is 11.1 Å². The summed E-state index contributed by atoms with van der Waals surface area (Å²) >= 11 is 0. The molecule has 0 aliphatic rings. The van der Waals surface area contributed by atoms with Gasteiger partial charge in [-0.05, 0) is 35.4 Å². The lowest BCUT2D eigenvalue weighted by atomic mass is 10.1. The summed E-state index contributed by atoms with van der Waals surface area (Å²) in [7, 11) is 1.62. The quantitative estimate of drug-likeness (QED) is 0.687. The summed E-state index contributed by atoms with van der Waals surface area (Å²) in [6.45, 7) is 0.490. The Labute approximate surface area is 153 Å². The third-order valence-corrected chi connectivity index (χ3v) is 3.89. The van der Waals surface area contributed by atoms with E-state index in [1.54, 1.807) is 7.11 Å². The Bertz CT molecular complexity index is 845. The van der Waals surface area contributed by atoms with Gasteiger partial charge in [0, 0.05) is 11.8 Å². The fourth-order valence-electron chi connectivity index (χ4n) is 2.54. The predicted molar refractivity (Wildman–Crippen MR) is 103 cm³/mol. The molecule has 0 aliphatic carbocycles. The maximum atomic E-state index is 12.2. The minimum Gasteiger partial charge on any atom is -0.497 e. The van der Waals surface area contributed by atoms with Crippen LogP contribution in [-0.2, 0) is 17.8 Å². The first kappa shape index (κ1) is 17.5. The highest BCUT2D eigenvalue weighted by molar-refractivity contribution is 5.92. The molecule has 4 heteroatoms. The van der Waals surface area contributed by atoms with E-state index in [9.17, 15) is 4.79 Å². The molecule has 0 bridgehead atoms. The number of rotatable bonds is 7. The molecule has 0 saturated carbocycles. The van der Waals surface area contributed by atoms with E-state index in [2.05, 4.69) is 5.32 Å². The Kier molecular flexibility index (Phi) is 5.88. The first-order valence-electron chi connectivity index (χ1n) is 8.42. The first-order chi connectivity index (χ1) is 12.7. The fraction of sp³-hybridized carbons (Fsp3) is 0.136. The Morgan fingerprint density at radius 1 is 0.846 bits per heavy atom. The van der Waals surface area contributed by atoms with Crippen molar-refractivity contribution in [3.05, 3.63) is 90.0 Å². The summed E-state index contributed by atoms with van der Waals surface area (Å²) in [5.41, 5.74) is 2.75. The lowest BCUT2D eigenvalue weighted by Crippen LogP contribution is -2.14. The molecule has 0 aliphatic heterocycles. The number of anilines is 1. The first-order valence-corrected chi connectivity index (χ1v) is 8.42. The van der Waals surface area contributed by atoms with Gasteiger partial charge in [-0.2, -0.15) is 0 Å². The Hall–Kier alpha value is -3.27. The monoisotopic (exact) mass is 347 g/mol. The van der Waals surface area contributed by atoms with Gasteiger partial charge in [-0.25, -0.2) is 0 Å². The summed E-state index contributed by atoms with van der Waals surface area (Å²) in [5.74, 6) is 1.42. The standard InChI is InChI=1S/C22H21NO3/c1-25-20-12-10-17(11-13-20)14-22(24)23-19-8-5-9-21(15-19)26-16-18-6-3-2-4-7-18/h2-13,15H,14,16H2,1H3,(H,23,24). The lowest BCUT2D eigenvalue weighted by molar-refractivity contribution is -0.115. The molecule has 0 spiro atoms. The van der Waals surface area contributed by atoms with Crippen molar-refractivity contribution in [3.8, 4) is 11.5 Å². The predicted octanol–water partition coefficient (Wildman–Crippen LogP) is 4.46. The third-order valence-electron chi connectivity index (χ3n) is 3.89. The molecule has 0 saturated heterocycles. The van der Waals surface area contributed by atoms with Crippen LogP contribution in [0.4, 0.5) is 5.69 Å². The highest BCUT2D eigenvalue weighted by atomic mass is 16.5. The fourth-order valence-corrected chi connectivity index (χ4v) is 2.54. The number of carbonyl (C=O) groups excluding carboxylic acids is 1. The summed E-state index contributed by atoms with van der Waals surface area (Å²) in [6, 6.07) is 24.9. The van der Waals surface area contributed by atoms with Crippen molar-refractivity contribution in [1.82, 2.24) is 0 Å². The zero-order valence-corrected chi connectivity index (χ0v) is 14.6. The van der Waals surface area contributed by atoms with Crippen LogP contribution in [0.2, 0.25) is 0 Å². The van der Waals surface area contributed by atoms with Crippen LogP contribution in [0.3, 0.4) is 0 Å². The van der Waals surface area contributed by atoms with Crippen LogP contribution >= 0.6 is 0 Å². The summed E-state index contributed by atoms with van der Waals surface area (Å²) < 4.78 is 10.9. The van der Waals surface area contributed by atoms with Gasteiger partial charge in [0.1, 0.15) is 18.1 Å². The number of hydrogen-bond donors (Lipinski definition) is 1. The van der Waals surface area contributed by atoms with Gasteiger partial charge in [0.25, 0.3) is 0 Å². The summed E-state index contributed by atoms with van der Waals surface area (Å²) in [4.78, 5) is 12.2. The molecule has 0 heterocycles. The average Bonchev–Trinajstić information content (AvgIpc) is 2.68. The number of benzene rings is 3. The van der Waals surface area contributed by atoms with Crippen molar-refractivity contribution < 1.29 is 14.3 Å². The summed E-state index contributed by atoms with van der Waals surface area (Å²) in [6.07, 6.45) is 0.305. The van der Waals surface area contributed by atoms with Crippen LogP contribution < -0.4 is 14.8 Å². The number of methoxy groups -OCH3 is 1. The van der Waals surface area contributed by atoms with Gasteiger partial charge in [-0.15, -0.1) is 0 Å². The van der Waals surface area contributed by atoms with Gasteiger partial charge < -0.3 is 14.8 Å². The molecule has 0 aromatic heterocycles. The van der Waals surface area contributed by atoms with Crippen molar-refractivity contribution in [2.24, 2.45) is 0 Å². The van der Waals surface area contributed by atoms with E-state index in [1.165, 1.54) is 0 Å². The topological polar surface area (TPSA) is 47.6 Å². The van der Waals surface area contributed by atoms with Crippen LogP contribution in [0.15, 0.2) is 78.9 Å². The molecular formula is C22H21NO3. The molecule has 1 amide bonds. The number of amides is 1. The highest BCUT2D eigenvalue weighted by Crippen LogP contribution is 2.19. The zero-order chi connectivity index (χ0) is 18.2. The second kappa shape index (κ2) is 8.72. The maximum absolute atomic E-state index is 12.2. The normalized spacial score (nSPS) is 10.2. The molecule has 26 heavy (non-hydrogen) atoms. The molecule has 3 aromatic rings. The number of carbonyl (C=O) groups is 1. The highest BCUT2D eigenvalue weighted by Gasteiger charge is 2.06. The van der Waals surface area contributed by atoms with E-state index in [4.69, 9.17) is 9.47 Å². The SMILES string of the molecule is COc1ccc(CC(=O)Nc2cccc(OCc3ccccc3)c2)cc1. The van der Waals surface area contributed by atoms with Gasteiger partial charge in [-0.1, -0.05) is 48.5 Å². The van der Waals surface area contributed by atoms with Crippen molar-refractivity contribution in [2.45, 2.75) is 13.0 Å². The van der Waals surface area contributed by atoms with E-state index < -0.39 is 0 Å².